The molecule has 0 radical (unpaired) electrons. The Hall–Kier alpha value is -2.02. The van der Waals surface area contributed by atoms with Crippen molar-refractivity contribution in [3.8, 4) is 0 Å². The Morgan fingerprint density at radius 1 is 1.25 bits per heavy atom. The van der Waals surface area contributed by atoms with Gasteiger partial charge in [0.25, 0.3) is 5.91 Å². The summed E-state index contributed by atoms with van der Waals surface area (Å²) in [5.41, 5.74) is 1.62. The number of hydrogen-bond donors (Lipinski definition) is 2. The second-order valence-electron chi connectivity index (χ2n) is 8.00. The zero-order valence-corrected chi connectivity index (χ0v) is 17.8. The number of amides is 3. The average Bonchev–Trinajstić information content (AvgIpc) is 3.08. The van der Waals surface area contributed by atoms with Gasteiger partial charge in [-0.1, -0.05) is 38.0 Å². The molecule has 3 atom stereocenters. The smallest absolute Gasteiger partial charge is 0.256 e. The highest BCUT2D eigenvalue weighted by molar-refractivity contribution is 8.01. The van der Waals surface area contributed by atoms with Crippen LogP contribution in [-0.4, -0.2) is 46.0 Å². The third-order valence-corrected chi connectivity index (χ3v) is 6.91. The van der Waals surface area contributed by atoms with Gasteiger partial charge in [0.15, 0.2) is 0 Å². The van der Waals surface area contributed by atoms with Gasteiger partial charge in [-0.3, -0.25) is 14.4 Å². The number of rotatable bonds is 7. The van der Waals surface area contributed by atoms with Crippen LogP contribution in [0.2, 0.25) is 0 Å². The maximum atomic E-state index is 13.1. The van der Waals surface area contributed by atoms with E-state index in [2.05, 4.69) is 17.6 Å². The molecule has 3 rings (SSSR count). The lowest BCUT2D eigenvalue weighted by atomic mass is 10.0. The number of unbranched alkanes of at least 4 members (excludes halogenated alkanes) is 2. The van der Waals surface area contributed by atoms with Crippen LogP contribution in [-0.2, 0) is 9.59 Å². The second kappa shape index (κ2) is 8.15. The first-order chi connectivity index (χ1) is 13.3. The highest BCUT2D eigenvalue weighted by Gasteiger charge is 2.57. The van der Waals surface area contributed by atoms with Crippen molar-refractivity contribution in [1.29, 1.82) is 0 Å². The number of carbonyl (C=O) groups is 3. The maximum absolute atomic E-state index is 13.1. The molecule has 2 aliphatic rings. The lowest BCUT2D eigenvalue weighted by Gasteiger charge is -2.30. The van der Waals surface area contributed by atoms with Crippen LogP contribution < -0.4 is 10.6 Å². The van der Waals surface area contributed by atoms with Crippen molar-refractivity contribution in [2.24, 2.45) is 0 Å². The third-order valence-electron chi connectivity index (χ3n) is 5.38. The van der Waals surface area contributed by atoms with Gasteiger partial charge in [0.05, 0.1) is 0 Å². The van der Waals surface area contributed by atoms with Crippen LogP contribution >= 0.6 is 11.8 Å². The van der Waals surface area contributed by atoms with E-state index in [0.29, 0.717) is 12.1 Å². The van der Waals surface area contributed by atoms with Crippen molar-refractivity contribution in [1.82, 2.24) is 15.5 Å². The molecule has 28 heavy (non-hydrogen) atoms. The summed E-state index contributed by atoms with van der Waals surface area (Å²) in [6.07, 6.45) is 3.08. The monoisotopic (exact) mass is 403 g/mol. The molecule has 2 heterocycles. The number of carbonyl (C=O) groups excluding carboxylic acids is 3. The lowest BCUT2D eigenvalue weighted by molar-refractivity contribution is -0.131. The van der Waals surface area contributed by atoms with Crippen molar-refractivity contribution in [3.05, 3.63) is 35.4 Å². The van der Waals surface area contributed by atoms with Gasteiger partial charge in [-0.15, -0.1) is 11.8 Å². The topological polar surface area (TPSA) is 78.5 Å². The first-order valence-corrected chi connectivity index (χ1v) is 10.8. The molecule has 1 aromatic rings. The molecular formula is C21H29N3O3S. The van der Waals surface area contributed by atoms with E-state index in [1.54, 1.807) is 23.6 Å². The summed E-state index contributed by atoms with van der Waals surface area (Å²) in [5, 5.41) is 5.52. The molecule has 0 unspecified atom stereocenters. The minimum Gasteiger partial charge on any atom is -0.354 e. The molecule has 152 valence electrons. The summed E-state index contributed by atoms with van der Waals surface area (Å²) in [6.45, 7) is 8.36. The molecule has 2 aliphatic heterocycles. The van der Waals surface area contributed by atoms with Crippen LogP contribution in [0.15, 0.2) is 24.3 Å². The number of nitrogens with one attached hydrogen (secondary N) is 2. The Morgan fingerprint density at radius 2 is 1.96 bits per heavy atom. The fraction of sp³-hybridized carbons (Fsp3) is 0.571. The molecule has 1 fully saturated rings. The zero-order chi connectivity index (χ0) is 20.5. The Kier molecular flexibility index (Phi) is 6.03. The van der Waals surface area contributed by atoms with Crippen LogP contribution in [0.1, 0.15) is 68.3 Å². The predicted molar refractivity (Wildman–Crippen MR) is 111 cm³/mol. The van der Waals surface area contributed by atoms with E-state index >= 15 is 0 Å². The number of thioether (sulfide) groups is 1. The highest BCUT2D eigenvalue weighted by Crippen LogP contribution is 2.56. The minimum absolute atomic E-state index is 0.115. The molecule has 0 spiro atoms. The standard InChI is InChI=1S/C21H29N3O3S/c1-5-6-9-12-22-17(25)13(2)23-18(26)16-21(3,4)28-20-15-11-8-7-10-14(15)19(27)24(16)20/h7-8,10-11,13,16,20H,5-6,9,12H2,1-4H3,(H,22,25)(H,23,26)/t13-,16+,20-/m0/s1. The van der Waals surface area contributed by atoms with Crippen molar-refractivity contribution in [2.75, 3.05) is 6.54 Å². The molecule has 2 N–H and O–H groups in total. The Bertz CT molecular complexity index is 780. The van der Waals surface area contributed by atoms with Gasteiger partial charge in [-0.25, -0.2) is 0 Å². The van der Waals surface area contributed by atoms with Gasteiger partial charge in [0, 0.05) is 16.9 Å². The maximum Gasteiger partial charge on any atom is 0.256 e. The highest BCUT2D eigenvalue weighted by atomic mass is 32.2. The summed E-state index contributed by atoms with van der Waals surface area (Å²) >= 11 is 1.62. The molecule has 1 aromatic carbocycles. The SMILES string of the molecule is CCCCCNC(=O)[C@H](C)NC(=O)[C@H]1N2C(=O)c3ccccc3[C@@H]2SC1(C)C. The van der Waals surface area contributed by atoms with Crippen molar-refractivity contribution in [3.63, 3.8) is 0 Å². The minimum atomic E-state index is -0.644. The zero-order valence-electron chi connectivity index (χ0n) is 17.0. The molecule has 0 saturated carbocycles. The molecule has 0 aromatic heterocycles. The molecule has 1 saturated heterocycles. The van der Waals surface area contributed by atoms with E-state index in [0.717, 1.165) is 24.8 Å². The van der Waals surface area contributed by atoms with Gasteiger partial charge in [-0.05, 0) is 38.8 Å². The molecular weight excluding hydrogens is 374 g/mol. The van der Waals surface area contributed by atoms with E-state index in [9.17, 15) is 14.4 Å². The van der Waals surface area contributed by atoms with E-state index in [1.807, 2.05) is 38.1 Å². The van der Waals surface area contributed by atoms with Crippen molar-refractivity contribution < 1.29 is 14.4 Å². The summed E-state index contributed by atoms with van der Waals surface area (Å²) in [4.78, 5) is 40.0. The van der Waals surface area contributed by atoms with Crippen molar-refractivity contribution >= 4 is 29.5 Å². The van der Waals surface area contributed by atoms with Gasteiger partial charge in [0.1, 0.15) is 17.5 Å². The van der Waals surface area contributed by atoms with Gasteiger partial charge >= 0.3 is 0 Å². The normalized spacial score (nSPS) is 23.1. The third kappa shape index (κ3) is 3.77. The molecule has 0 aliphatic carbocycles. The number of hydrogen-bond acceptors (Lipinski definition) is 4. The molecule has 0 bridgehead atoms. The summed E-state index contributed by atoms with van der Waals surface area (Å²) < 4.78 is -0.449. The molecule has 6 nitrogen and oxygen atoms in total. The van der Waals surface area contributed by atoms with Gasteiger partial charge < -0.3 is 15.5 Å². The van der Waals surface area contributed by atoms with Crippen LogP contribution in [0, 0.1) is 0 Å². The van der Waals surface area contributed by atoms with Gasteiger partial charge in [-0.2, -0.15) is 0 Å². The first kappa shape index (κ1) is 20.7. The fourth-order valence-electron chi connectivity index (χ4n) is 3.90. The lowest BCUT2D eigenvalue weighted by Crippen LogP contribution is -2.56. The van der Waals surface area contributed by atoms with Crippen LogP contribution in [0.25, 0.3) is 0 Å². The quantitative estimate of drug-likeness (QED) is 0.686. The van der Waals surface area contributed by atoms with E-state index < -0.39 is 16.8 Å². The average molecular weight is 404 g/mol. The van der Waals surface area contributed by atoms with Crippen LogP contribution in [0.4, 0.5) is 0 Å². The van der Waals surface area contributed by atoms with Gasteiger partial charge in [0.2, 0.25) is 11.8 Å². The van der Waals surface area contributed by atoms with Crippen LogP contribution in [0.3, 0.4) is 0 Å². The Labute approximate surface area is 170 Å². The number of fused-ring (bicyclic) bond motifs is 3. The molecule has 3 amide bonds. The number of nitrogens with zero attached hydrogens (tertiary/aromatic N) is 1. The Morgan fingerprint density at radius 3 is 2.68 bits per heavy atom. The van der Waals surface area contributed by atoms with E-state index in [1.165, 1.54) is 0 Å². The number of benzene rings is 1. The summed E-state index contributed by atoms with van der Waals surface area (Å²) in [6, 6.07) is 6.25. The largest absolute Gasteiger partial charge is 0.354 e. The summed E-state index contributed by atoms with van der Waals surface area (Å²) in [5.74, 6) is -0.589. The van der Waals surface area contributed by atoms with Crippen molar-refractivity contribution in [2.45, 2.75) is 69.2 Å². The first-order valence-electron chi connectivity index (χ1n) is 9.95. The fourth-order valence-corrected chi connectivity index (χ4v) is 5.49. The molecule has 7 heteroatoms. The van der Waals surface area contributed by atoms with E-state index in [4.69, 9.17) is 0 Å². The summed E-state index contributed by atoms with van der Waals surface area (Å²) in [7, 11) is 0. The van der Waals surface area contributed by atoms with E-state index in [-0.39, 0.29) is 23.1 Å². The second-order valence-corrected chi connectivity index (χ2v) is 9.74. The Balaban J connectivity index is 1.69. The predicted octanol–water partition coefficient (Wildman–Crippen LogP) is 2.85. The van der Waals surface area contributed by atoms with Crippen LogP contribution in [0.5, 0.6) is 0 Å².